The van der Waals surface area contributed by atoms with Gasteiger partial charge in [0.25, 0.3) is 10.1 Å². The quantitative estimate of drug-likeness (QED) is 0.135. The molecule has 0 heterocycles. The maximum atomic E-state index is 11.1. The molecular weight excluding hydrogens is 308 g/mol. The van der Waals surface area contributed by atoms with Crippen LogP contribution in [0, 0.1) is 0 Å². The Labute approximate surface area is 122 Å². The van der Waals surface area contributed by atoms with Crippen LogP contribution in [0.1, 0.15) is 13.3 Å². The van der Waals surface area contributed by atoms with Crippen molar-refractivity contribution < 1.29 is 42.1 Å². The SMILES string of the molecule is COC(=O)CC(COOC(C)(O)COC1C=C1)S(=O)(=O)O. The number of hydrogen-bond donors (Lipinski definition) is 2. The molecule has 1 aliphatic carbocycles. The number of hydrogen-bond acceptors (Lipinski definition) is 8. The Morgan fingerprint density at radius 2 is 2.05 bits per heavy atom. The number of ether oxygens (including phenoxy) is 2. The fraction of sp³-hybridized carbons (Fsp3) is 0.727. The van der Waals surface area contributed by atoms with Crippen LogP contribution in [-0.4, -0.2) is 61.5 Å². The summed E-state index contributed by atoms with van der Waals surface area (Å²) in [6.07, 6.45) is 2.75. The van der Waals surface area contributed by atoms with Crippen LogP contribution in [0.4, 0.5) is 0 Å². The van der Waals surface area contributed by atoms with E-state index >= 15 is 0 Å². The monoisotopic (exact) mass is 326 g/mol. The standard InChI is InChI=1S/C11H18O9S/c1-11(13,7-18-8-3-4-8)20-19-6-9(21(14,15)16)5-10(12)17-2/h3-4,8-9,13H,5-7H2,1-2H3,(H,14,15,16). The highest BCUT2D eigenvalue weighted by molar-refractivity contribution is 7.86. The molecule has 0 amide bonds. The molecule has 21 heavy (non-hydrogen) atoms. The number of carbonyl (C=O) groups excluding carboxylic acids is 1. The zero-order valence-electron chi connectivity index (χ0n) is 11.6. The van der Waals surface area contributed by atoms with Crippen LogP contribution in [0.5, 0.6) is 0 Å². The minimum Gasteiger partial charge on any atom is -0.469 e. The van der Waals surface area contributed by atoms with Gasteiger partial charge >= 0.3 is 5.97 Å². The summed E-state index contributed by atoms with van der Waals surface area (Å²) in [5.41, 5.74) is 0. The van der Waals surface area contributed by atoms with Crippen LogP contribution in [0.15, 0.2) is 12.2 Å². The van der Waals surface area contributed by atoms with Crippen molar-refractivity contribution in [1.82, 2.24) is 0 Å². The van der Waals surface area contributed by atoms with Gasteiger partial charge < -0.3 is 14.6 Å². The van der Waals surface area contributed by atoms with Crippen LogP contribution < -0.4 is 0 Å². The van der Waals surface area contributed by atoms with Gasteiger partial charge in [-0.3, -0.25) is 9.35 Å². The Hall–Kier alpha value is -1.04. The number of methoxy groups -OCH3 is 1. The summed E-state index contributed by atoms with van der Waals surface area (Å²) in [6, 6.07) is 0. The minimum atomic E-state index is -4.53. The van der Waals surface area contributed by atoms with Crippen molar-refractivity contribution in [2.45, 2.75) is 30.5 Å². The highest BCUT2D eigenvalue weighted by atomic mass is 32.2. The van der Waals surface area contributed by atoms with E-state index in [0.29, 0.717) is 0 Å². The van der Waals surface area contributed by atoms with Gasteiger partial charge in [-0.2, -0.15) is 13.3 Å². The van der Waals surface area contributed by atoms with E-state index in [1.807, 2.05) is 0 Å². The number of carbonyl (C=O) groups is 1. The Kier molecular flexibility index (Phi) is 6.25. The first-order valence-electron chi connectivity index (χ1n) is 6.00. The van der Waals surface area contributed by atoms with Gasteiger partial charge in [-0.1, -0.05) is 12.2 Å². The minimum absolute atomic E-state index is 0.148. The van der Waals surface area contributed by atoms with Crippen molar-refractivity contribution in [3.05, 3.63) is 12.2 Å². The lowest BCUT2D eigenvalue weighted by molar-refractivity contribution is -0.421. The molecule has 0 saturated carbocycles. The second-order valence-corrected chi connectivity index (χ2v) is 6.32. The van der Waals surface area contributed by atoms with Gasteiger partial charge in [-0.15, -0.1) is 0 Å². The number of rotatable bonds is 10. The Balaban J connectivity index is 2.39. The Morgan fingerprint density at radius 1 is 1.43 bits per heavy atom. The average molecular weight is 326 g/mol. The lowest BCUT2D eigenvalue weighted by Crippen LogP contribution is -2.37. The fourth-order valence-electron chi connectivity index (χ4n) is 1.19. The van der Waals surface area contributed by atoms with Crippen molar-refractivity contribution >= 4 is 16.1 Å². The third-order valence-corrected chi connectivity index (χ3v) is 3.57. The highest BCUT2D eigenvalue weighted by Crippen LogP contribution is 2.16. The topological polar surface area (TPSA) is 129 Å². The third-order valence-electron chi connectivity index (χ3n) is 2.43. The van der Waals surface area contributed by atoms with E-state index in [1.54, 1.807) is 12.2 Å². The van der Waals surface area contributed by atoms with Crippen LogP contribution >= 0.6 is 0 Å². The Morgan fingerprint density at radius 3 is 2.52 bits per heavy atom. The molecule has 0 aromatic carbocycles. The molecular formula is C11H18O9S. The summed E-state index contributed by atoms with van der Waals surface area (Å²) in [7, 11) is -3.45. The van der Waals surface area contributed by atoms with Gasteiger partial charge in [0.2, 0.25) is 5.79 Å². The second-order valence-electron chi connectivity index (χ2n) is 4.62. The second kappa shape index (κ2) is 7.29. The fourth-order valence-corrected chi connectivity index (χ4v) is 1.76. The molecule has 10 heteroatoms. The van der Waals surface area contributed by atoms with Gasteiger partial charge in [-0.25, -0.2) is 4.89 Å². The maximum absolute atomic E-state index is 11.1. The molecule has 0 fully saturated rings. The van der Waals surface area contributed by atoms with E-state index in [1.165, 1.54) is 6.92 Å². The molecule has 0 saturated heterocycles. The molecule has 122 valence electrons. The van der Waals surface area contributed by atoms with Gasteiger partial charge in [0.05, 0.1) is 19.6 Å². The molecule has 0 aliphatic heterocycles. The van der Waals surface area contributed by atoms with Crippen molar-refractivity contribution in [3.8, 4) is 0 Å². The van der Waals surface area contributed by atoms with E-state index in [2.05, 4.69) is 14.5 Å². The molecule has 0 aromatic rings. The molecule has 2 atom stereocenters. The van der Waals surface area contributed by atoms with Crippen molar-refractivity contribution in [2.24, 2.45) is 0 Å². The summed E-state index contributed by atoms with van der Waals surface area (Å²) in [5.74, 6) is -2.64. The van der Waals surface area contributed by atoms with E-state index in [4.69, 9.17) is 9.29 Å². The first kappa shape index (κ1) is 18.0. The van der Waals surface area contributed by atoms with Gasteiger partial charge in [0, 0.05) is 0 Å². The summed E-state index contributed by atoms with van der Waals surface area (Å²) in [6.45, 7) is 0.377. The lowest BCUT2D eigenvalue weighted by atomic mass is 10.3. The van der Waals surface area contributed by atoms with Gasteiger partial charge in [0.15, 0.2) is 0 Å². The first-order chi connectivity index (χ1) is 9.64. The predicted molar refractivity (Wildman–Crippen MR) is 68.5 cm³/mol. The predicted octanol–water partition coefficient (Wildman–Crippen LogP) is -0.582. The number of aliphatic hydroxyl groups is 1. The van der Waals surface area contributed by atoms with Crippen molar-refractivity contribution in [1.29, 1.82) is 0 Å². The van der Waals surface area contributed by atoms with E-state index < -0.39 is 40.2 Å². The molecule has 0 bridgehead atoms. The van der Waals surface area contributed by atoms with E-state index in [0.717, 1.165) is 7.11 Å². The zero-order chi connectivity index (χ0) is 16.1. The average Bonchev–Trinajstić information content (AvgIpc) is 3.17. The summed E-state index contributed by atoms with van der Waals surface area (Å²) in [5, 5.41) is 8.17. The third kappa shape index (κ3) is 7.50. The Bertz CT molecular complexity index is 476. The van der Waals surface area contributed by atoms with Crippen molar-refractivity contribution in [3.63, 3.8) is 0 Å². The lowest BCUT2D eigenvalue weighted by Gasteiger charge is -2.22. The molecule has 0 aromatic heterocycles. The molecule has 9 nitrogen and oxygen atoms in total. The highest BCUT2D eigenvalue weighted by Gasteiger charge is 2.30. The van der Waals surface area contributed by atoms with Crippen LogP contribution in [-0.2, 0) is 34.2 Å². The van der Waals surface area contributed by atoms with E-state index in [9.17, 15) is 18.3 Å². The number of esters is 1. The van der Waals surface area contributed by atoms with Crippen LogP contribution in [0.25, 0.3) is 0 Å². The first-order valence-corrected chi connectivity index (χ1v) is 7.50. The molecule has 0 radical (unpaired) electrons. The van der Waals surface area contributed by atoms with E-state index in [-0.39, 0.29) is 12.7 Å². The zero-order valence-corrected chi connectivity index (χ0v) is 12.4. The largest absolute Gasteiger partial charge is 0.469 e. The molecule has 1 aliphatic rings. The summed E-state index contributed by atoms with van der Waals surface area (Å²) < 4.78 is 40.6. The molecule has 2 unspecified atom stereocenters. The van der Waals surface area contributed by atoms with Gasteiger partial charge in [-0.05, 0) is 6.92 Å². The van der Waals surface area contributed by atoms with Crippen molar-refractivity contribution in [2.75, 3.05) is 20.3 Å². The van der Waals surface area contributed by atoms with Crippen LogP contribution in [0.3, 0.4) is 0 Å². The summed E-state index contributed by atoms with van der Waals surface area (Å²) >= 11 is 0. The molecule has 2 N–H and O–H groups in total. The molecule has 0 spiro atoms. The van der Waals surface area contributed by atoms with Gasteiger partial charge in [0.1, 0.15) is 18.5 Å². The summed E-state index contributed by atoms with van der Waals surface area (Å²) in [4.78, 5) is 20.3. The normalized spacial score (nSPS) is 19.0. The maximum Gasteiger partial charge on any atom is 0.307 e. The van der Waals surface area contributed by atoms with Crippen LogP contribution in [0.2, 0.25) is 0 Å². The smallest absolute Gasteiger partial charge is 0.307 e. The molecule has 1 rings (SSSR count).